The van der Waals surface area contributed by atoms with Gasteiger partial charge in [-0.2, -0.15) is 0 Å². The third-order valence-electron chi connectivity index (χ3n) is 5.86. The van der Waals surface area contributed by atoms with Gasteiger partial charge in [-0.1, -0.05) is 18.2 Å². The highest BCUT2D eigenvalue weighted by molar-refractivity contribution is 6.17. The number of carbonyl (C=O) groups is 1. The predicted octanol–water partition coefficient (Wildman–Crippen LogP) is 0.807. The maximum atomic E-state index is 11.6. The first kappa shape index (κ1) is 14.7. The van der Waals surface area contributed by atoms with E-state index in [9.17, 15) is 15.0 Å². The molecule has 0 aromatic heterocycles. The first-order valence-electron chi connectivity index (χ1n) is 8.24. The zero-order valence-corrected chi connectivity index (χ0v) is 13.2. The maximum Gasteiger partial charge on any atom is 0.158 e. The molecule has 3 aliphatic heterocycles. The van der Waals surface area contributed by atoms with Crippen molar-refractivity contribution < 1.29 is 15.0 Å². The van der Waals surface area contributed by atoms with Crippen LogP contribution < -0.4 is 10.4 Å². The Balaban J connectivity index is 1.71. The van der Waals surface area contributed by atoms with Crippen LogP contribution >= 0.6 is 0 Å². The van der Waals surface area contributed by atoms with Crippen LogP contribution in [-0.4, -0.2) is 40.8 Å². The van der Waals surface area contributed by atoms with Gasteiger partial charge in [0.2, 0.25) is 0 Å². The molecule has 122 valence electrons. The molecular weight excluding hydrogens is 292 g/mol. The minimum absolute atomic E-state index is 0.00101. The summed E-state index contributed by atoms with van der Waals surface area (Å²) in [5.41, 5.74) is -0.0181. The Labute approximate surface area is 135 Å². The number of piperidine rings is 1. The molecule has 2 fully saturated rings. The highest BCUT2D eigenvalue weighted by Crippen LogP contribution is 2.45. The van der Waals surface area contributed by atoms with Gasteiger partial charge < -0.3 is 25.2 Å². The number of hydrogen-bond donors (Lipinski definition) is 2. The Morgan fingerprint density at radius 3 is 2.61 bits per heavy atom. The van der Waals surface area contributed by atoms with Crippen LogP contribution in [0.1, 0.15) is 31.2 Å². The van der Waals surface area contributed by atoms with Gasteiger partial charge in [-0.25, -0.2) is 0 Å². The van der Waals surface area contributed by atoms with E-state index in [1.807, 2.05) is 6.07 Å². The molecule has 2 N–H and O–H groups in total. The van der Waals surface area contributed by atoms with Gasteiger partial charge in [-0.3, -0.25) is 0 Å². The molecule has 1 aromatic rings. The Morgan fingerprint density at radius 1 is 1.30 bits per heavy atom. The summed E-state index contributed by atoms with van der Waals surface area (Å²) < 4.78 is 0. The Hall–Kier alpha value is -1.85. The molecule has 0 radical (unpaired) electrons. The van der Waals surface area contributed by atoms with E-state index in [1.165, 1.54) is 6.08 Å². The fourth-order valence-electron chi connectivity index (χ4n) is 4.54. The van der Waals surface area contributed by atoms with Crippen LogP contribution in [0.2, 0.25) is 0 Å². The van der Waals surface area contributed by atoms with E-state index in [0.717, 1.165) is 25.7 Å². The minimum Gasteiger partial charge on any atom is -0.545 e. The lowest BCUT2D eigenvalue weighted by Gasteiger charge is -2.45. The van der Waals surface area contributed by atoms with Gasteiger partial charge in [0.15, 0.2) is 5.72 Å². The Kier molecular flexibility index (Phi) is 3.25. The molecule has 5 heteroatoms. The number of carboxylic acid groups (broad SMARTS) is 1. The molecule has 3 heterocycles. The third-order valence-corrected chi connectivity index (χ3v) is 5.86. The maximum absolute atomic E-state index is 11.6. The topological polar surface area (TPSA) is 75.6 Å². The van der Waals surface area contributed by atoms with E-state index in [-0.39, 0.29) is 11.5 Å². The highest BCUT2D eigenvalue weighted by atomic mass is 16.4. The second-order valence-electron chi connectivity index (χ2n) is 7.06. The van der Waals surface area contributed by atoms with Gasteiger partial charge in [0.25, 0.3) is 0 Å². The van der Waals surface area contributed by atoms with Crippen molar-refractivity contribution in [2.24, 2.45) is 5.92 Å². The number of para-hydroxylation sites is 1. The number of aliphatic hydroxyl groups is 1. The van der Waals surface area contributed by atoms with Crippen LogP contribution in [0.3, 0.4) is 0 Å². The van der Waals surface area contributed by atoms with Crippen molar-refractivity contribution in [2.75, 3.05) is 12.4 Å². The van der Waals surface area contributed by atoms with Crippen molar-refractivity contribution >= 4 is 17.2 Å². The Bertz CT molecular complexity index is 673. The standard InChI is InChI=1S/C18H22N2O3/c1-20-12-6-7-13(20)9-11(8-12)18(23)10-15(17(21)22)14-4-2-3-5-16(14)19-18/h2-5,10-13,19,23H,6-9H2,1H3,(H,21,22)/p-1. The second-order valence-corrected chi connectivity index (χ2v) is 7.06. The number of carboxylic acids is 1. The van der Waals surface area contributed by atoms with Gasteiger partial charge in [0.1, 0.15) is 0 Å². The molecule has 5 nitrogen and oxygen atoms in total. The number of nitrogens with zero attached hydrogens (tertiary/aromatic N) is 1. The molecule has 3 atom stereocenters. The summed E-state index contributed by atoms with van der Waals surface area (Å²) >= 11 is 0. The second kappa shape index (κ2) is 5.08. The molecule has 0 aliphatic carbocycles. The van der Waals surface area contributed by atoms with E-state index in [0.29, 0.717) is 23.3 Å². The minimum atomic E-state index is -1.33. The lowest BCUT2D eigenvalue weighted by Crippen LogP contribution is -2.53. The summed E-state index contributed by atoms with van der Waals surface area (Å²) in [6.45, 7) is 0. The van der Waals surface area contributed by atoms with Crippen molar-refractivity contribution in [1.82, 2.24) is 4.90 Å². The highest BCUT2D eigenvalue weighted by Gasteiger charge is 2.47. The smallest absolute Gasteiger partial charge is 0.158 e. The van der Waals surface area contributed by atoms with Crippen LogP contribution in [0.4, 0.5) is 5.69 Å². The van der Waals surface area contributed by atoms with Gasteiger partial charge >= 0.3 is 0 Å². The van der Waals surface area contributed by atoms with Crippen LogP contribution in [0.5, 0.6) is 0 Å². The summed E-state index contributed by atoms with van der Waals surface area (Å²) in [6.07, 6.45) is 5.51. The molecule has 0 amide bonds. The van der Waals surface area contributed by atoms with E-state index < -0.39 is 11.7 Å². The summed E-state index contributed by atoms with van der Waals surface area (Å²) in [4.78, 5) is 14.0. The average molecular weight is 313 g/mol. The Morgan fingerprint density at radius 2 is 1.96 bits per heavy atom. The van der Waals surface area contributed by atoms with Gasteiger partial charge in [0.05, 0.1) is 5.97 Å². The molecule has 2 saturated heterocycles. The zero-order valence-electron chi connectivity index (χ0n) is 13.2. The summed E-state index contributed by atoms with van der Waals surface area (Å²) in [6, 6.07) is 8.12. The molecule has 23 heavy (non-hydrogen) atoms. The van der Waals surface area contributed by atoms with Gasteiger partial charge in [-0.05, 0) is 44.9 Å². The van der Waals surface area contributed by atoms with Crippen molar-refractivity contribution in [3.8, 4) is 0 Å². The molecule has 1 aromatic carbocycles. The van der Waals surface area contributed by atoms with Crippen molar-refractivity contribution in [3.05, 3.63) is 35.9 Å². The molecule has 4 rings (SSSR count). The quantitative estimate of drug-likeness (QED) is 0.845. The number of hydrogen-bond acceptors (Lipinski definition) is 5. The summed E-state index contributed by atoms with van der Waals surface area (Å²) in [5, 5.41) is 25.9. The first-order valence-corrected chi connectivity index (χ1v) is 8.24. The molecule has 0 spiro atoms. The molecule has 2 bridgehead atoms. The third kappa shape index (κ3) is 2.26. The van der Waals surface area contributed by atoms with Crippen molar-refractivity contribution in [1.29, 1.82) is 0 Å². The van der Waals surface area contributed by atoms with E-state index in [4.69, 9.17) is 0 Å². The summed E-state index contributed by atoms with van der Waals surface area (Å²) in [7, 11) is 2.15. The molecular formula is C18H21N2O3-. The monoisotopic (exact) mass is 313 g/mol. The van der Waals surface area contributed by atoms with Gasteiger partial charge in [0, 0.05) is 34.8 Å². The fraction of sp³-hybridized carbons (Fsp3) is 0.500. The lowest BCUT2D eigenvalue weighted by molar-refractivity contribution is -0.295. The summed E-state index contributed by atoms with van der Waals surface area (Å²) in [5.74, 6) is -1.24. The van der Waals surface area contributed by atoms with Crippen LogP contribution in [-0.2, 0) is 4.79 Å². The van der Waals surface area contributed by atoms with E-state index in [2.05, 4.69) is 17.3 Å². The van der Waals surface area contributed by atoms with E-state index >= 15 is 0 Å². The fourth-order valence-corrected chi connectivity index (χ4v) is 4.54. The number of aliphatic carboxylic acids is 1. The number of nitrogens with one attached hydrogen (secondary N) is 1. The molecule has 3 aliphatic rings. The predicted molar refractivity (Wildman–Crippen MR) is 85.3 cm³/mol. The van der Waals surface area contributed by atoms with Crippen LogP contribution in [0.15, 0.2) is 30.3 Å². The van der Waals surface area contributed by atoms with Crippen molar-refractivity contribution in [2.45, 2.75) is 43.5 Å². The lowest BCUT2D eigenvalue weighted by atomic mass is 9.79. The first-order chi connectivity index (χ1) is 11.0. The number of carbonyl (C=O) groups excluding carboxylic acids is 1. The average Bonchev–Trinajstić information content (AvgIpc) is 2.75. The normalized spacial score (nSPS) is 36.1. The number of rotatable bonds is 2. The molecule has 0 saturated carbocycles. The zero-order chi connectivity index (χ0) is 16.2. The molecule has 3 unspecified atom stereocenters. The van der Waals surface area contributed by atoms with Crippen molar-refractivity contribution in [3.63, 3.8) is 0 Å². The number of fused-ring (bicyclic) bond motifs is 3. The SMILES string of the molecule is CN1C2CCC1CC(C1(O)C=C(C(=O)[O-])c3ccccc3N1)C2. The number of anilines is 1. The number of benzene rings is 1. The van der Waals surface area contributed by atoms with Crippen LogP contribution in [0, 0.1) is 5.92 Å². The van der Waals surface area contributed by atoms with Crippen LogP contribution in [0.25, 0.3) is 5.57 Å². The largest absolute Gasteiger partial charge is 0.545 e. The van der Waals surface area contributed by atoms with E-state index in [1.54, 1.807) is 18.2 Å². The van der Waals surface area contributed by atoms with Gasteiger partial charge in [-0.15, -0.1) is 0 Å².